The van der Waals surface area contributed by atoms with Gasteiger partial charge in [-0.25, -0.2) is 0 Å². The molecule has 2 aliphatic heterocycles. The zero-order chi connectivity index (χ0) is 30.5. The molecule has 0 unspecified atom stereocenters. The van der Waals surface area contributed by atoms with E-state index in [1.54, 1.807) is 0 Å². The summed E-state index contributed by atoms with van der Waals surface area (Å²) in [6, 6.07) is 13.7. The topological polar surface area (TPSA) is 53.1 Å². The van der Waals surface area contributed by atoms with Crippen molar-refractivity contribution in [2.24, 2.45) is 0 Å². The van der Waals surface area contributed by atoms with Gasteiger partial charge in [0.25, 0.3) is 0 Å². The van der Waals surface area contributed by atoms with Crippen molar-refractivity contribution in [2.75, 3.05) is 57.9 Å². The summed E-state index contributed by atoms with van der Waals surface area (Å²) in [6.45, 7) is 16.1. The number of benzene rings is 2. The summed E-state index contributed by atoms with van der Waals surface area (Å²) < 4.78 is 5.68. The van der Waals surface area contributed by atoms with Crippen molar-refractivity contribution in [3.05, 3.63) is 75.9 Å². The van der Waals surface area contributed by atoms with Gasteiger partial charge >= 0.3 is 0 Å². The number of nitrogens with zero attached hydrogens (tertiary/aromatic N) is 3. The molecule has 0 saturated carbocycles. The van der Waals surface area contributed by atoms with Gasteiger partial charge < -0.3 is 14.5 Å². The lowest BCUT2D eigenvalue weighted by molar-refractivity contribution is -0.115. The van der Waals surface area contributed by atoms with Gasteiger partial charge in [-0.15, -0.1) is 0 Å². The van der Waals surface area contributed by atoms with Gasteiger partial charge in [0.2, 0.25) is 0 Å². The van der Waals surface area contributed by atoms with Crippen LogP contribution >= 0.6 is 0 Å². The van der Waals surface area contributed by atoms with E-state index in [1.807, 2.05) is 13.8 Å². The maximum absolute atomic E-state index is 13.9. The molecule has 2 heterocycles. The zero-order valence-electron chi connectivity index (χ0n) is 26.9. The number of likely N-dealkylation sites (N-methyl/N-ethyl adjacent to an activating group) is 1. The van der Waals surface area contributed by atoms with Gasteiger partial charge in [0.1, 0.15) is 0 Å². The van der Waals surface area contributed by atoms with Crippen LogP contribution in [-0.2, 0) is 16.1 Å². The summed E-state index contributed by atoms with van der Waals surface area (Å²) in [5.74, 6) is 0.263. The highest BCUT2D eigenvalue weighted by Gasteiger charge is 2.26. The second-order valence-electron chi connectivity index (χ2n) is 12.7. The molecule has 0 aromatic heterocycles. The van der Waals surface area contributed by atoms with E-state index in [0.717, 1.165) is 110 Å². The maximum atomic E-state index is 13.9. The first-order chi connectivity index (χ1) is 20.7. The number of hydrogen-bond acceptors (Lipinski definition) is 6. The Morgan fingerprint density at radius 1 is 0.977 bits per heavy atom. The zero-order valence-corrected chi connectivity index (χ0v) is 26.9. The van der Waals surface area contributed by atoms with Crippen LogP contribution in [0.15, 0.2) is 59.2 Å². The van der Waals surface area contributed by atoms with Crippen LogP contribution in [0.2, 0.25) is 0 Å². The molecule has 0 N–H and O–H groups in total. The third-order valence-electron chi connectivity index (χ3n) is 9.57. The molecule has 5 rings (SSSR count). The standard InChI is InChI=1S/C37H49N3O3/c1-6-40(32-13-19-43-20-14-32)35-24-31(30-9-7-29(8-10-30)25-39-17-15-38(5)16-18-39)23-34(28(35)4)36(41)12-11-33-27(3)21-26(2)22-37(33)42/h7-10,21,23-24,32H,6,11-20,22,25H2,1-5H3. The number of carbonyl (C=O) groups is 2. The summed E-state index contributed by atoms with van der Waals surface area (Å²) in [6.07, 6.45) is 5.36. The van der Waals surface area contributed by atoms with Crippen molar-refractivity contribution >= 4 is 17.3 Å². The quantitative estimate of drug-likeness (QED) is 0.293. The molecule has 0 bridgehead atoms. The largest absolute Gasteiger partial charge is 0.381 e. The highest BCUT2D eigenvalue weighted by molar-refractivity contribution is 6.03. The number of Topliss-reactive ketones (excluding diaryl/α,β-unsaturated/α-hetero) is 2. The molecule has 3 aliphatic rings. The predicted octanol–water partition coefficient (Wildman–Crippen LogP) is 6.61. The van der Waals surface area contributed by atoms with Gasteiger partial charge in [0.15, 0.2) is 11.6 Å². The molecule has 230 valence electrons. The number of anilines is 1. The fourth-order valence-corrected chi connectivity index (χ4v) is 6.94. The molecule has 2 saturated heterocycles. The number of hydrogen-bond donors (Lipinski definition) is 0. The molecule has 0 atom stereocenters. The van der Waals surface area contributed by atoms with Crippen molar-refractivity contribution in [1.82, 2.24) is 9.80 Å². The average Bonchev–Trinajstić information content (AvgIpc) is 3.00. The van der Waals surface area contributed by atoms with Gasteiger partial charge in [-0.3, -0.25) is 14.5 Å². The normalized spacial score (nSPS) is 19.1. The van der Waals surface area contributed by atoms with E-state index in [-0.39, 0.29) is 11.6 Å². The molecular formula is C37H49N3O3. The second kappa shape index (κ2) is 14.1. The van der Waals surface area contributed by atoms with Gasteiger partial charge in [-0.1, -0.05) is 35.9 Å². The van der Waals surface area contributed by atoms with Gasteiger partial charge in [0.05, 0.1) is 0 Å². The first-order valence-corrected chi connectivity index (χ1v) is 16.2. The number of rotatable bonds is 10. The maximum Gasteiger partial charge on any atom is 0.163 e. The molecule has 6 nitrogen and oxygen atoms in total. The Kier molecular flexibility index (Phi) is 10.3. The van der Waals surface area contributed by atoms with Crippen molar-refractivity contribution in [3.8, 4) is 11.1 Å². The minimum atomic E-state index is 0.106. The number of ketones is 2. The SMILES string of the molecule is CCN(c1cc(-c2ccc(CN3CCN(C)CC3)cc2)cc(C(=O)CCC2=C(C)C=C(C)CC2=O)c1C)C1CCOCC1. The molecule has 1 aliphatic carbocycles. The minimum Gasteiger partial charge on any atom is -0.381 e. The fraction of sp³-hybridized carbons (Fsp3) is 0.514. The summed E-state index contributed by atoms with van der Waals surface area (Å²) in [4.78, 5) is 34.1. The second-order valence-corrected chi connectivity index (χ2v) is 12.7. The lowest BCUT2D eigenvalue weighted by atomic mass is 9.87. The van der Waals surface area contributed by atoms with E-state index in [4.69, 9.17) is 4.74 Å². The Bertz CT molecular complexity index is 1380. The van der Waals surface area contributed by atoms with E-state index in [9.17, 15) is 9.59 Å². The Morgan fingerprint density at radius 3 is 2.33 bits per heavy atom. The molecule has 0 spiro atoms. The van der Waals surface area contributed by atoms with Crippen LogP contribution in [0.5, 0.6) is 0 Å². The van der Waals surface area contributed by atoms with Crippen LogP contribution in [0.3, 0.4) is 0 Å². The van der Waals surface area contributed by atoms with Crippen LogP contribution in [0, 0.1) is 6.92 Å². The third kappa shape index (κ3) is 7.54. The smallest absolute Gasteiger partial charge is 0.163 e. The van der Waals surface area contributed by atoms with E-state index in [1.165, 1.54) is 5.56 Å². The van der Waals surface area contributed by atoms with Crippen molar-refractivity contribution in [3.63, 3.8) is 0 Å². The van der Waals surface area contributed by atoms with Crippen LogP contribution in [-0.4, -0.2) is 80.4 Å². The first kappa shape index (κ1) is 31.4. The molecule has 0 radical (unpaired) electrons. The molecular weight excluding hydrogens is 534 g/mol. The van der Waals surface area contributed by atoms with Gasteiger partial charge in [0, 0.05) is 82.6 Å². The summed E-state index contributed by atoms with van der Waals surface area (Å²) >= 11 is 0. The molecule has 43 heavy (non-hydrogen) atoms. The van der Waals surface area contributed by atoms with E-state index in [2.05, 4.69) is 78.1 Å². The Morgan fingerprint density at radius 2 is 1.67 bits per heavy atom. The lowest BCUT2D eigenvalue weighted by Crippen LogP contribution is -2.43. The average molecular weight is 584 g/mol. The van der Waals surface area contributed by atoms with Gasteiger partial charge in [-0.05, 0) is 99.5 Å². The Labute approximate surface area is 258 Å². The molecule has 2 aromatic rings. The Hall–Kier alpha value is -3.06. The highest BCUT2D eigenvalue weighted by Crippen LogP contribution is 2.35. The first-order valence-electron chi connectivity index (χ1n) is 16.2. The molecule has 0 amide bonds. The summed E-state index contributed by atoms with van der Waals surface area (Å²) in [5, 5.41) is 0. The predicted molar refractivity (Wildman–Crippen MR) is 176 cm³/mol. The number of allylic oxidation sites excluding steroid dienone is 4. The highest BCUT2D eigenvalue weighted by atomic mass is 16.5. The van der Waals surface area contributed by atoms with Crippen LogP contribution in [0.1, 0.15) is 74.4 Å². The van der Waals surface area contributed by atoms with E-state index in [0.29, 0.717) is 25.3 Å². The van der Waals surface area contributed by atoms with Crippen molar-refractivity contribution in [1.29, 1.82) is 0 Å². The molecule has 6 heteroatoms. The van der Waals surface area contributed by atoms with Gasteiger partial charge in [-0.2, -0.15) is 0 Å². The van der Waals surface area contributed by atoms with Crippen LogP contribution < -0.4 is 4.90 Å². The summed E-state index contributed by atoms with van der Waals surface area (Å²) in [5.41, 5.74) is 9.36. The minimum absolute atomic E-state index is 0.106. The van der Waals surface area contributed by atoms with Crippen molar-refractivity contribution in [2.45, 2.75) is 72.4 Å². The Balaban J connectivity index is 1.44. The lowest BCUT2D eigenvalue weighted by Gasteiger charge is -2.37. The molecule has 2 fully saturated rings. The van der Waals surface area contributed by atoms with E-state index >= 15 is 0 Å². The van der Waals surface area contributed by atoms with Crippen LogP contribution in [0.4, 0.5) is 5.69 Å². The van der Waals surface area contributed by atoms with Crippen LogP contribution in [0.25, 0.3) is 11.1 Å². The number of carbonyl (C=O) groups excluding carboxylic acids is 2. The monoisotopic (exact) mass is 583 g/mol. The number of piperazine rings is 1. The van der Waals surface area contributed by atoms with Crippen molar-refractivity contribution < 1.29 is 14.3 Å². The van der Waals surface area contributed by atoms with E-state index < -0.39 is 0 Å². The molecule has 2 aromatic carbocycles. The summed E-state index contributed by atoms with van der Waals surface area (Å²) in [7, 11) is 2.19. The third-order valence-corrected chi connectivity index (χ3v) is 9.57. The number of ether oxygens (including phenoxy) is 1. The fourth-order valence-electron chi connectivity index (χ4n) is 6.94.